The van der Waals surface area contributed by atoms with Crippen molar-refractivity contribution < 1.29 is 26.9 Å². The highest BCUT2D eigenvalue weighted by Gasteiger charge is 2.24. The molecule has 158 valence electrons. The van der Waals surface area contributed by atoms with Crippen molar-refractivity contribution in [3.8, 4) is 11.5 Å². The van der Waals surface area contributed by atoms with Crippen molar-refractivity contribution in [1.29, 1.82) is 0 Å². The van der Waals surface area contributed by atoms with Crippen LogP contribution in [0, 0.1) is 0 Å². The monoisotopic (exact) mass is 414 g/mol. The van der Waals surface area contributed by atoms with E-state index in [2.05, 4.69) is 5.32 Å². The first kappa shape index (κ1) is 22.3. The van der Waals surface area contributed by atoms with E-state index in [1.807, 2.05) is 13.8 Å². The van der Waals surface area contributed by atoms with E-state index in [1.54, 1.807) is 23.1 Å². The molecular formula is C19H30N2O6S. The van der Waals surface area contributed by atoms with Gasteiger partial charge in [0.1, 0.15) is 0 Å². The number of amides is 2. The topological polar surface area (TPSA) is 94.2 Å². The van der Waals surface area contributed by atoms with E-state index >= 15 is 0 Å². The van der Waals surface area contributed by atoms with Crippen LogP contribution in [-0.4, -0.2) is 57.5 Å². The lowest BCUT2D eigenvalue weighted by atomic mass is 10.1. The second-order valence-corrected chi connectivity index (χ2v) is 8.89. The minimum Gasteiger partial charge on any atom is -0.493 e. The van der Waals surface area contributed by atoms with Gasteiger partial charge in [-0.1, -0.05) is 6.07 Å². The molecule has 9 heteroatoms. The van der Waals surface area contributed by atoms with Crippen molar-refractivity contribution in [2.24, 2.45) is 0 Å². The third-order valence-corrected chi connectivity index (χ3v) is 5.46. The summed E-state index contributed by atoms with van der Waals surface area (Å²) < 4.78 is 39.8. The Morgan fingerprint density at radius 2 is 2.11 bits per heavy atom. The molecule has 1 saturated heterocycles. The second-order valence-electron chi connectivity index (χ2n) is 7.03. The Morgan fingerprint density at radius 1 is 1.36 bits per heavy atom. The number of ether oxygens (including phenoxy) is 2. The van der Waals surface area contributed by atoms with Gasteiger partial charge in [-0.05, 0) is 51.3 Å². The summed E-state index contributed by atoms with van der Waals surface area (Å²) >= 11 is 0. The molecule has 28 heavy (non-hydrogen) atoms. The van der Waals surface area contributed by atoms with Gasteiger partial charge in [0.2, 0.25) is 0 Å². The maximum atomic E-state index is 12.6. The van der Waals surface area contributed by atoms with E-state index in [-0.39, 0.29) is 29.7 Å². The molecule has 2 rings (SSSR count). The third-order valence-electron chi connectivity index (χ3n) is 4.32. The molecule has 1 N–H and O–H groups in total. The van der Waals surface area contributed by atoms with Gasteiger partial charge in [-0.3, -0.25) is 0 Å². The minimum atomic E-state index is -3.69. The lowest BCUT2D eigenvalue weighted by Gasteiger charge is -2.27. The highest BCUT2D eigenvalue weighted by Crippen LogP contribution is 2.30. The second kappa shape index (κ2) is 9.97. The first-order chi connectivity index (χ1) is 13.2. The zero-order valence-corrected chi connectivity index (χ0v) is 17.8. The maximum absolute atomic E-state index is 12.6. The highest BCUT2D eigenvalue weighted by molar-refractivity contribution is 7.87. The zero-order valence-electron chi connectivity index (χ0n) is 16.9. The summed E-state index contributed by atoms with van der Waals surface area (Å²) in [5, 5.41) is 2.90. The largest absolute Gasteiger partial charge is 0.493 e. The Balaban J connectivity index is 2.22. The molecule has 0 saturated carbocycles. The summed E-state index contributed by atoms with van der Waals surface area (Å²) in [5.74, 6) is 0.281. The van der Waals surface area contributed by atoms with Crippen molar-refractivity contribution >= 4 is 16.1 Å². The molecule has 0 aromatic heterocycles. The van der Waals surface area contributed by atoms with Crippen molar-refractivity contribution in [3.05, 3.63) is 23.8 Å². The predicted octanol–water partition coefficient (Wildman–Crippen LogP) is 2.52. The van der Waals surface area contributed by atoms with Gasteiger partial charge in [-0.15, -0.1) is 0 Å². The molecule has 1 atom stereocenters. The van der Waals surface area contributed by atoms with Crippen LogP contribution in [0.25, 0.3) is 0 Å². The van der Waals surface area contributed by atoms with Crippen molar-refractivity contribution in [2.75, 3.05) is 26.0 Å². The lowest BCUT2D eigenvalue weighted by molar-refractivity contribution is 0.0791. The van der Waals surface area contributed by atoms with Crippen LogP contribution >= 0.6 is 0 Å². The van der Waals surface area contributed by atoms with E-state index in [1.165, 1.54) is 14.0 Å². The molecule has 1 unspecified atom stereocenters. The average molecular weight is 415 g/mol. The number of hydrogen-bond acceptors (Lipinski definition) is 6. The fourth-order valence-corrected chi connectivity index (χ4v) is 3.41. The molecule has 8 nitrogen and oxygen atoms in total. The van der Waals surface area contributed by atoms with Crippen LogP contribution < -0.4 is 14.2 Å². The summed E-state index contributed by atoms with van der Waals surface area (Å²) in [7, 11) is -2.25. The fraction of sp³-hybridized carbons (Fsp3) is 0.632. The number of carbonyl (C=O) groups is 1. The lowest BCUT2D eigenvalue weighted by Crippen LogP contribution is -2.45. The summed E-state index contributed by atoms with van der Waals surface area (Å²) in [6.07, 6.45) is 1.91. The Labute approximate surface area is 167 Å². The molecule has 0 spiro atoms. The quantitative estimate of drug-likeness (QED) is 0.624. The molecule has 1 aromatic carbocycles. The van der Waals surface area contributed by atoms with Gasteiger partial charge in [0, 0.05) is 25.7 Å². The SMILES string of the molecule is CCS(=O)(=O)Oc1cc(CN(CC2CCCO2)C(=O)NC(C)C)ccc1OC. The van der Waals surface area contributed by atoms with Crippen LogP contribution in [0.5, 0.6) is 11.5 Å². The number of carbonyl (C=O) groups excluding carboxylic acids is 1. The number of hydrogen-bond donors (Lipinski definition) is 1. The number of nitrogens with zero attached hydrogens (tertiary/aromatic N) is 1. The first-order valence-electron chi connectivity index (χ1n) is 9.50. The normalized spacial score (nSPS) is 16.8. The zero-order chi connectivity index (χ0) is 20.7. The van der Waals surface area contributed by atoms with Gasteiger partial charge in [-0.2, -0.15) is 8.42 Å². The van der Waals surface area contributed by atoms with E-state index in [9.17, 15) is 13.2 Å². The van der Waals surface area contributed by atoms with E-state index in [4.69, 9.17) is 13.7 Å². The molecule has 0 bridgehead atoms. The molecule has 2 amide bonds. The molecule has 1 aliphatic heterocycles. The van der Waals surface area contributed by atoms with Crippen LogP contribution in [0.15, 0.2) is 18.2 Å². The molecular weight excluding hydrogens is 384 g/mol. The van der Waals surface area contributed by atoms with Gasteiger partial charge in [0.05, 0.1) is 19.0 Å². The summed E-state index contributed by atoms with van der Waals surface area (Å²) in [4.78, 5) is 14.3. The standard InChI is InChI=1S/C19H30N2O6S/c1-5-28(23,24)27-18-11-15(8-9-17(18)25-4)12-21(19(22)20-14(2)3)13-16-7-6-10-26-16/h8-9,11,14,16H,5-7,10,12-13H2,1-4H3,(H,20,22). The Kier molecular flexibility index (Phi) is 7.94. The molecule has 0 radical (unpaired) electrons. The highest BCUT2D eigenvalue weighted by atomic mass is 32.2. The third kappa shape index (κ3) is 6.56. The Bertz CT molecular complexity index is 760. The number of methoxy groups -OCH3 is 1. The molecule has 1 aliphatic rings. The Hall–Kier alpha value is -2.00. The summed E-state index contributed by atoms with van der Waals surface area (Å²) in [5.41, 5.74) is 0.735. The Morgan fingerprint density at radius 3 is 2.68 bits per heavy atom. The van der Waals surface area contributed by atoms with Crippen molar-refractivity contribution in [1.82, 2.24) is 10.2 Å². The first-order valence-corrected chi connectivity index (χ1v) is 11.1. The average Bonchev–Trinajstić information content (AvgIpc) is 3.13. The predicted molar refractivity (Wildman–Crippen MR) is 106 cm³/mol. The van der Waals surface area contributed by atoms with Gasteiger partial charge >= 0.3 is 16.1 Å². The molecule has 1 heterocycles. The van der Waals surface area contributed by atoms with E-state index in [0.29, 0.717) is 25.4 Å². The van der Waals surface area contributed by atoms with E-state index in [0.717, 1.165) is 18.4 Å². The van der Waals surface area contributed by atoms with Crippen molar-refractivity contribution in [3.63, 3.8) is 0 Å². The number of nitrogens with one attached hydrogen (secondary N) is 1. The summed E-state index contributed by atoms with van der Waals surface area (Å²) in [6, 6.07) is 4.83. The van der Waals surface area contributed by atoms with Crippen LogP contribution in [0.2, 0.25) is 0 Å². The summed E-state index contributed by atoms with van der Waals surface area (Å²) in [6.45, 7) is 6.78. The number of urea groups is 1. The molecule has 1 fully saturated rings. The maximum Gasteiger partial charge on any atom is 0.317 e. The fourth-order valence-electron chi connectivity index (χ4n) is 2.89. The van der Waals surface area contributed by atoms with Crippen LogP contribution in [0.1, 0.15) is 39.2 Å². The van der Waals surface area contributed by atoms with Crippen molar-refractivity contribution in [2.45, 2.75) is 52.3 Å². The number of rotatable bonds is 9. The van der Waals surface area contributed by atoms with Gasteiger partial charge in [-0.25, -0.2) is 4.79 Å². The van der Waals surface area contributed by atoms with Gasteiger partial charge < -0.3 is 23.9 Å². The van der Waals surface area contributed by atoms with E-state index < -0.39 is 10.1 Å². The molecule has 0 aliphatic carbocycles. The van der Waals surface area contributed by atoms with Crippen LogP contribution in [-0.2, 0) is 21.4 Å². The smallest absolute Gasteiger partial charge is 0.317 e. The minimum absolute atomic E-state index is 0.00366. The van der Waals surface area contributed by atoms with Crippen LogP contribution in [0.4, 0.5) is 4.79 Å². The molecule has 1 aromatic rings. The van der Waals surface area contributed by atoms with Gasteiger partial charge in [0.25, 0.3) is 0 Å². The van der Waals surface area contributed by atoms with Crippen LogP contribution in [0.3, 0.4) is 0 Å². The number of benzene rings is 1. The van der Waals surface area contributed by atoms with Gasteiger partial charge in [0.15, 0.2) is 11.5 Å².